The van der Waals surface area contributed by atoms with Crippen LogP contribution < -0.4 is 15.1 Å². The van der Waals surface area contributed by atoms with Gasteiger partial charge in [-0.2, -0.15) is 13.2 Å². The molecule has 2 aromatic carbocycles. The zero-order chi connectivity index (χ0) is 25.7. The third-order valence-electron chi connectivity index (χ3n) is 6.99. The summed E-state index contributed by atoms with van der Waals surface area (Å²) in [5.74, 6) is -1.34. The van der Waals surface area contributed by atoms with Gasteiger partial charge in [-0.05, 0) is 61.6 Å². The van der Waals surface area contributed by atoms with Gasteiger partial charge >= 0.3 is 6.18 Å². The number of carbonyl (C=O) groups excluding carboxylic acids is 2. The topological polar surface area (TPSA) is 72.9 Å². The molecule has 2 aliphatic rings. The summed E-state index contributed by atoms with van der Waals surface area (Å²) in [4.78, 5) is 29.8. The number of aliphatic hydroxyl groups excluding tert-OH is 1. The van der Waals surface area contributed by atoms with E-state index in [4.69, 9.17) is 0 Å². The van der Waals surface area contributed by atoms with E-state index in [0.29, 0.717) is 5.56 Å². The predicted octanol–water partition coefficient (Wildman–Crippen LogP) is 4.82. The van der Waals surface area contributed by atoms with Gasteiger partial charge < -0.3 is 15.3 Å². The lowest BCUT2D eigenvalue weighted by Crippen LogP contribution is -2.48. The predicted molar refractivity (Wildman–Crippen MR) is 132 cm³/mol. The molecular weight excluding hydrogens is 471 g/mol. The average molecular weight is 504 g/mol. The van der Waals surface area contributed by atoms with Gasteiger partial charge in [0.25, 0.3) is 5.91 Å². The third kappa shape index (κ3) is 6.00. The molecule has 1 saturated carbocycles. The first-order valence-corrected chi connectivity index (χ1v) is 12.5. The van der Waals surface area contributed by atoms with Crippen LogP contribution in [-0.2, 0) is 15.8 Å². The van der Waals surface area contributed by atoms with Gasteiger partial charge in [0.15, 0.2) is 0 Å². The van der Waals surface area contributed by atoms with Crippen LogP contribution in [-0.4, -0.2) is 42.7 Å². The molecule has 1 unspecified atom stereocenters. The van der Waals surface area contributed by atoms with Crippen molar-refractivity contribution in [2.24, 2.45) is 0 Å². The van der Waals surface area contributed by atoms with Crippen molar-refractivity contribution >= 4 is 23.2 Å². The van der Waals surface area contributed by atoms with Gasteiger partial charge in [0.1, 0.15) is 12.6 Å². The van der Waals surface area contributed by atoms with Crippen LogP contribution in [0.5, 0.6) is 0 Å². The fourth-order valence-electron chi connectivity index (χ4n) is 5.13. The first-order valence-electron chi connectivity index (χ1n) is 12.5. The molecule has 1 aliphatic heterocycles. The number of halogens is 3. The molecule has 1 atom stereocenters. The average Bonchev–Trinajstić information content (AvgIpc) is 3.42. The largest absolute Gasteiger partial charge is 0.416 e. The molecule has 194 valence electrons. The summed E-state index contributed by atoms with van der Waals surface area (Å²) in [6.45, 7) is 0.921. The minimum Gasteiger partial charge on any atom is -0.387 e. The molecule has 0 bridgehead atoms. The second kappa shape index (κ2) is 11.3. The van der Waals surface area contributed by atoms with Crippen molar-refractivity contribution in [3.05, 3.63) is 59.7 Å². The number of benzene rings is 2. The highest BCUT2D eigenvalue weighted by molar-refractivity contribution is 6.02. The SMILES string of the molecule is O=C(NC1CCCCC1)C(c1ccc(N2CCCC2)cc1)N(C(=O)CO)c1cccc(C(F)(F)F)c1. The Kier molecular flexibility index (Phi) is 8.18. The number of rotatable bonds is 7. The molecule has 2 fully saturated rings. The number of alkyl halides is 3. The number of anilines is 2. The monoisotopic (exact) mass is 503 g/mol. The Hall–Kier alpha value is -3.07. The molecule has 4 rings (SSSR count). The number of nitrogens with one attached hydrogen (secondary N) is 1. The maximum atomic E-state index is 13.7. The van der Waals surface area contributed by atoms with Crippen molar-refractivity contribution in [2.45, 2.75) is 63.2 Å². The summed E-state index contributed by atoms with van der Waals surface area (Å²) >= 11 is 0. The van der Waals surface area contributed by atoms with Crippen molar-refractivity contribution in [3.63, 3.8) is 0 Å². The summed E-state index contributed by atoms with van der Waals surface area (Å²) in [5.41, 5.74) is 0.412. The number of aliphatic hydroxyl groups is 1. The summed E-state index contributed by atoms with van der Waals surface area (Å²) in [6.07, 6.45) is 2.24. The normalized spacial score (nSPS) is 17.6. The highest BCUT2D eigenvalue weighted by atomic mass is 19.4. The molecule has 2 N–H and O–H groups in total. The maximum Gasteiger partial charge on any atom is 0.416 e. The second-order valence-electron chi connectivity index (χ2n) is 9.50. The Morgan fingerprint density at radius 3 is 2.28 bits per heavy atom. The van der Waals surface area contributed by atoms with Gasteiger partial charge in [-0.15, -0.1) is 0 Å². The molecule has 0 radical (unpaired) electrons. The quantitative estimate of drug-likeness (QED) is 0.568. The number of carbonyl (C=O) groups is 2. The molecule has 36 heavy (non-hydrogen) atoms. The molecule has 1 aliphatic carbocycles. The van der Waals surface area contributed by atoms with Crippen LogP contribution >= 0.6 is 0 Å². The van der Waals surface area contributed by atoms with Crippen LogP contribution in [0.15, 0.2) is 48.5 Å². The Morgan fingerprint density at radius 2 is 1.67 bits per heavy atom. The van der Waals surface area contributed by atoms with Gasteiger partial charge in [-0.25, -0.2) is 0 Å². The summed E-state index contributed by atoms with van der Waals surface area (Å²) in [5, 5.41) is 12.7. The van der Waals surface area contributed by atoms with Gasteiger partial charge in [-0.1, -0.05) is 37.5 Å². The van der Waals surface area contributed by atoms with E-state index in [2.05, 4.69) is 10.2 Å². The van der Waals surface area contributed by atoms with E-state index in [9.17, 15) is 27.9 Å². The molecule has 1 saturated heterocycles. The third-order valence-corrected chi connectivity index (χ3v) is 6.99. The molecule has 0 aromatic heterocycles. The zero-order valence-corrected chi connectivity index (χ0v) is 20.1. The van der Waals surface area contributed by atoms with Crippen molar-refractivity contribution < 1.29 is 27.9 Å². The summed E-state index contributed by atoms with van der Waals surface area (Å²) in [6, 6.07) is 10.2. The Balaban J connectivity index is 1.73. The van der Waals surface area contributed by atoms with Gasteiger partial charge in [0.05, 0.1) is 5.56 Å². The van der Waals surface area contributed by atoms with E-state index < -0.39 is 36.2 Å². The van der Waals surface area contributed by atoms with Gasteiger partial charge in [0, 0.05) is 30.5 Å². The van der Waals surface area contributed by atoms with Crippen LogP contribution in [0.25, 0.3) is 0 Å². The number of amides is 2. The molecule has 2 aromatic rings. The fraction of sp³-hybridized carbons (Fsp3) is 0.481. The molecular formula is C27H32F3N3O3. The van der Waals surface area contributed by atoms with E-state index in [0.717, 1.165) is 80.8 Å². The van der Waals surface area contributed by atoms with E-state index >= 15 is 0 Å². The van der Waals surface area contributed by atoms with Gasteiger partial charge in [-0.3, -0.25) is 14.5 Å². The van der Waals surface area contributed by atoms with Crippen LogP contribution in [0.1, 0.15) is 62.1 Å². The fourth-order valence-corrected chi connectivity index (χ4v) is 5.13. The Morgan fingerprint density at radius 1 is 1.00 bits per heavy atom. The first kappa shape index (κ1) is 26.0. The van der Waals surface area contributed by atoms with Crippen molar-refractivity contribution in [1.29, 1.82) is 0 Å². The van der Waals surface area contributed by atoms with Crippen molar-refractivity contribution in [2.75, 3.05) is 29.5 Å². The minimum absolute atomic E-state index is 0.0646. The number of nitrogens with zero attached hydrogens (tertiary/aromatic N) is 2. The second-order valence-corrected chi connectivity index (χ2v) is 9.50. The van der Waals surface area contributed by atoms with E-state index in [1.807, 2.05) is 12.1 Å². The Labute approximate surface area is 209 Å². The molecule has 6 nitrogen and oxygen atoms in total. The summed E-state index contributed by atoms with van der Waals surface area (Å²) < 4.78 is 40.4. The van der Waals surface area contributed by atoms with E-state index in [-0.39, 0.29) is 11.7 Å². The minimum atomic E-state index is -4.62. The van der Waals surface area contributed by atoms with Gasteiger partial charge in [0.2, 0.25) is 5.91 Å². The lowest BCUT2D eigenvalue weighted by atomic mass is 9.94. The van der Waals surface area contributed by atoms with Crippen molar-refractivity contribution in [1.82, 2.24) is 5.32 Å². The smallest absolute Gasteiger partial charge is 0.387 e. The van der Waals surface area contributed by atoms with E-state index in [1.165, 1.54) is 12.1 Å². The summed E-state index contributed by atoms with van der Waals surface area (Å²) in [7, 11) is 0. The van der Waals surface area contributed by atoms with Crippen molar-refractivity contribution in [3.8, 4) is 0 Å². The lowest BCUT2D eigenvalue weighted by molar-refractivity contribution is -0.137. The van der Waals surface area contributed by atoms with Crippen LogP contribution in [0.4, 0.5) is 24.5 Å². The maximum absolute atomic E-state index is 13.7. The van der Waals surface area contributed by atoms with E-state index in [1.54, 1.807) is 12.1 Å². The molecule has 2 amide bonds. The highest BCUT2D eigenvalue weighted by Crippen LogP contribution is 2.35. The van der Waals surface area contributed by atoms with Crippen LogP contribution in [0.3, 0.4) is 0 Å². The molecule has 9 heteroatoms. The molecule has 0 spiro atoms. The number of hydrogen-bond acceptors (Lipinski definition) is 4. The zero-order valence-electron chi connectivity index (χ0n) is 20.1. The van der Waals surface area contributed by atoms with Crippen LogP contribution in [0, 0.1) is 0 Å². The lowest BCUT2D eigenvalue weighted by Gasteiger charge is -2.33. The Bertz CT molecular complexity index is 1050. The number of hydrogen-bond donors (Lipinski definition) is 2. The first-order chi connectivity index (χ1) is 17.3. The molecule has 1 heterocycles. The van der Waals surface area contributed by atoms with Crippen LogP contribution in [0.2, 0.25) is 0 Å². The standard InChI is InChI=1S/C27H32F3N3O3/c28-27(29,30)20-7-6-10-23(17-20)33(24(35)18-34)25(26(36)31-21-8-2-1-3-9-21)19-11-13-22(14-12-19)32-15-4-5-16-32/h6-7,10-14,17,21,25,34H,1-5,8-9,15-16,18H2,(H,31,36). The highest BCUT2D eigenvalue weighted by Gasteiger charge is 2.36.